The highest BCUT2D eigenvalue weighted by Crippen LogP contribution is 1.99. The van der Waals surface area contributed by atoms with Crippen molar-refractivity contribution in [2.75, 3.05) is 0 Å². The maximum Gasteiger partial charge on any atom is 0.221 e. The van der Waals surface area contributed by atoms with Gasteiger partial charge in [0.05, 0.1) is 0 Å². The molecule has 0 aromatic rings. The lowest BCUT2D eigenvalue weighted by Crippen LogP contribution is -1.84. The summed E-state index contributed by atoms with van der Waals surface area (Å²) in [5.74, 6) is 0. The molecule has 0 saturated heterocycles. The molecule has 0 aromatic carbocycles. The van der Waals surface area contributed by atoms with E-state index in [1.165, 1.54) is 0 Å². The van der Waals surface area contributed by atoms with Crippen LogP contribution >= 0.6 is 23.2 Å². The normalized spacial score (nSPS) is 10.5. The highest BCUT2D eigenvalue weighted by atomic mass is 35.5. The monoisotopic (exact) mass is 208 g/mol. The summed E-state index contributed by atoms with van der Waals surface area (Å²) in [6, 6.07) is 0. The van der Waals surface area contributed by atoms with E-state index in [1.54, 1.807) is 0 Å². The molecule has 0 aliphatic carbocycles. The van der Waals surface area contributed by atoms with Crippen molar-refractivity contribution < 1.29 is 9.59 Å². The molecule has 0 atom stereocenters. The van der Waals surface area contributed by atoms with Gasteiger partial charge in [-0.15, -0.1) is 0 Å². The number of hydrogen-bond donors (Lipinski definition) is 0. The van der Waals surface area contributed by atoms with E-state index in [0.717, 1.165) is 0 Å². The van der Waals surface area contributed by atoms with Gasteiger partial charge in [-0.2, -0.15) is 0 Å². The molecule has 0 unspecified atom stereocenters. The Bertz CT molecular complexity index is 167. The third-order valence-corrected chi connectivity index (χ3v) is 1.56. The quantitative estimate of drug-likeness (QED) is 0.497. The summed E-state index contributed by atoms with van der Waals surface area (Å²) in [4.78, 5) is 20.5. The zero-order valence-electron chi connectivity index (χ0n) is 6.56. The zero-order chi connectivity index (χ0) is 9.40. The van der Waals surface area contributed by atoms with Crippen molar-refractivity contribution in [2.45, 2.75) is 25.7 Å². The second-order valence-electron chi connectivity index (χ2n) is 2.26. The molecule has 0 saturated carbocycles. The Balaban J connectivity index is 3.26. The summed E-state index contributed by atoms with van der Waals surface area (Å²) < 4.78 is 0. The number of halogens is 2. The molecule has 68 valence electrons. The number of hydrogen-bond acceptors (Lipinski definition) is 2. The molecule has 0 amide bonds. The van der Waals surface area contributed by atoms with Gasteiger partial charge in [0, 0.05) is 12.8 Å². The van der Waals surface area contributed by atoms with Gasteiger partial charge in [0.2, 0.25) is 10.5 Å². The highest BCUT2D eigenvalue weighted by molar-refractivity contribution is 6.63. The fraction of sp³-hybridized carbons (Fsp3) is 0.500. The molecule has 0 rings (SSSR count). The third-order valence-electron chi connectivity index (χ3n) is 1.18. The van der Waals surface area contributed by atoms with E-state index in [0.29, 0.717) is 25.7 Å². The molecule has 0 spiro atoms. The lowest BCUT2D eigenvalue weighted by Gasteiger charge is -1.87. The van der Waals surface area contributed by atoms with Crippen LogP contribution in [0.5, 0.6) is 0 Å². The van der Waals surface area contributed by atoms with Gasteiger partial charge in [0.25, 0.3) is 0 Å². The number of carbonyl (C=O) groups is 2. The van der Waals surface area contributed by atoms with E-state index in [9.17, 15) is 9.59 Å². The fourth-order valence-electron chi connectivity index (χ4n) is 0.629. The molecule has 0 aromatic heterocycles. The summed E-state index contributed by atoms with van der Waals surface area (Å²) in [6.45, 7) is 0. The molecule has 0 radical (unpaired) electrons. The minimum Gasteiger partial charge on any atom is -0.281 e. The predicted molar refractivity (Wildman–Crippen MR) is 49.3 cm³/mol. The first-order valence-electron chi connectivity index (χ1n) is 3.64. The van der Waals surface area contributed by atoms with E-state index in [4.69, 9.17) is 23.2 Å². The van der Waals surface area contributed by atoms with E-state index < -0.39 is 0 Å². The van der Waals surface area contributed by atoms with Gasteiger partial charge in [0.15, 0.2) is 0 Å². The van der Waals surface area contributed by atoms with Crippen molar-refractivity contribution >= 4 is 33.7 Å². The molecule has 0 heterocycles. The maximum atomic E-state index is 10.2. The molecule has 0 N–H and O–H groups in total. The molecular weight excluding hydrogens is 199 g/mol. The lowest BCUT2D eigenvalue weighted by atomic mass is 10.2. The van der Waals surface area contributed by atoms with Crippen LogP contribution in [-0.4, -0.2) is 10.5 Å². The second kappa shape index (κ2) is 7.32. The van der Waals surface area contributed by atoms with Crippen LogP contribution in [0.1, 0.15) is 25.7 Å². The Labute approximate surface area is 81.5 Å². The Kier molecular flexibility index (Phi) is 7.11. The van der Waals surface area contributed by atoms with Crippen LogP contribution in [0.15, 0.2) is 12.2 Å². The third kappa shape index (κ3) is 9.66. The molecule has 4 heteroatoms. The summed E-state index contributed by atoms with van der Waals surface area (Å²) in [7, 11) is 0. The first-order valence-corrected chi connectivity index (χ1v) is 4.40. The van der Waals surface area contributed by atoms with E-state index in [1.807, 2.05) is 12.2 Å². The van der Waals surface area contributed by atoms with Crippen molar-refractivity contribution in [2.24, 2.45) is 0 Å². The lowest BCUT2D eigenvalue weighted by molar-refractivity contribution is -0.112. The van der Waals surface area contributed by atoms with Crippen LogP contribution in [0.2, 0.25) is 0 Å². The fourth-order valence-corrected chi connectivity index (χ4v) is 0.848. The highest BCUT2D eigenvalue weighted by Gasteiger charge is 1.93. The smallest absolute Gasteiger partial charge is 0.221 e. The first kappa shape index (κ1) is 11.7. The van der Waals surface area contributed by atoms with Crippen molar-refractivity contribution in [3.63, 3.8) is 0 Å². The summed E-state index contributed by atoms with van der Waals surface area (Å²) in [5.41, 5.74) is 0. The largest absolute Gasteiger partial charge is 0.281 e. The average molecular weight is 209 g/mol. The maximum absolute atomic E-state index is 10.2. The van der Waals surface area contributed by atoms with Crippen molar-refractivity contribution in [1.82, 2.24) is 0 Å². The first-order chi connectivity index (χ1) is 5.63. The van der Waals surface area contributed by atoms with Gasteiger partial charge in [-0.1, -0.05) is 12.2 Å². The van der Waals surface area contributed by atoms with Crippen LogP contribution in [0.25, 0.3) is 0 Å². The molecule has 0 aliphatic rings. The van der Waals surface area contributed by atoms with E-state index in [2.05, 4.69) is 0 Å². The topological polar surface area (TPSA) is 34.1 Å². The summed E-state index contributed by atoms with van der Waals surface area (Å²) in [6.07, 6.45) is 5.57. The molecule has 0 aliphatic heterocycles. The van der Waals surface area contributed by atoms with E-state index in [-0.39, 0.29) is 10.5 Å². The van der Waals surface area contributed by atoms with Gasteiger partial charge >= 0.3 is 0 Å². The van der Waals surface area contributed by atoms with Gasteiger partial charge in [0.1, 0.15) is 0 Å². The molecule has 0 bridgehead atoms. The summed E-state index contributed by atoms with van der Waals surface area (Å²) >= 11 is 10.2. The zero-order valence-corrected chi connectivity index (χ0v) is 8.07. The van der Waals surface area contributed by atoms with E-state index >= 15 is 0 Å². The van der Waals surface area contributed by atoms with Crippen LogP contribution in [-0.2, 0) is 9.59 Å². The number of carbonyl (C=O) groups excluding carboxylic acids is 2. The van der Waals surface area contributed by atoms with Crippen LogP contribution < -0.4 is 0 Å². The minimum absolute atomic E-state index is 0.340. The van der Waals surface area contributed by atoms with Crippen LogP contribution in [0, 0.1) is 0 Å². The molecule has 12 heavy (non-hydrogen) atoms. The second-order valence-corrected chi connectivity index (χ2v) is 3.10. The summed E-state index contributed by atoms with van der Waals surface area (Å²) in [5, 5.41) is -0.680. The number of allylic oxidation sites excluding steroid dienone is 2. The Morgan fingerprint density at radius 1 is 0.917 bits per heavy atom. The Morgan fingerprint density at radius 2 is 1.25 bits per heavy atom. The van der Waals surface area contributed by atoms with Gasteiger partial charge in [-0.05, 0) is 36.0 Å². The van der Waals surface area contributed by atoms with Crippen molar-refractivity contribution in [3.05, 3.63) is 12.2 Å². The van der Waals surface area contributed by atoms with Crippen LogP contribution in [0.4, 0.5) is 0 Å². The molecule has 0 fully saturated rings. The van der Waals surface area contributed by atoms with Gasteiger partial charge < -0.3 is 0 Å². The van der Waals surface area contributed by atoms with Crippen molar-refractivity contribution in [3.8, 4) is 0 Å². The predicted octanol–water partition coefficient (Wildman–Crippen LogP) is 2.63. The Hall–Kier alpha value is -0.340. The molecular formula is C8H10Cl2O2. The average Bonchev–Trinajstić information content (AvgIpc) is 1.95. The Morgan fingerprint density at radius 3 is 1.50 bits per heavy atom. The van der Waals surface area contributed by atoms with Crippen LogP contribution in [0.3, 0.4) is 0 Å². The number of rotatable bonds is 6. The SMILES string of the molecule is O=C(Cl)CCC=CCCC(=O)Cl. The minimum atomic E-state index is -0.340. The van der Waals surface area contributed by atoms with Gasteiger partial charge in [-0.3, -0.25) is 9.59 Å². The van der Waals surface area contributed by atoms with Gasteiger partial charge in [-0.25, -0.2) is 0 Å². The van der Waals surface area contributed by atoms with Crippen molar-refractivity contribution in [1.29, 1.82) is 0 Å². The molecule has 2 nitrogen and oxygen atoms in total. The standard InChI is InChI=1S/C8H10Cl2O2/c9-7(11)5-3-1-2-4-6-8(10)12/h1-2H,3-6H2.